The first kappa shape index (κ1) is 13.6. The van der Waals surface area contributed by atoms with E-state index in [9.17, 15) is 27.6 Å². The van der Waals surface area contributed by atoms with E-state index in [2.05, 4.69) is 8.57 Å². The lowest BCUT2D eigenvalue weighted by atomic mass is 10.4. The van der Waals surface area contributed by atoms with Gasteiger partial charge in [0, 0.05) is 25.7 Å². The van der Waals surface area contributed by atoms with Crippen molar-refractivity contribution in [2.75, 3.05) is 0 Å². The van der Waals surface area contributed by atoms with Crippen molar-refractivity contribution in [1.29, 1.82) is 0 Å². The number of nitrogens with zero attached hydrogens (tertiary/aromatic N) is 2. The Hall–Kier alpha value is -1.85. The average Bonchev–Trinajstić information content (AvgIpc) is 2.79. The molecular weight excluding hydrogens is 284 g/mol. The normalized spacial score (nSPS) is 20.8. The molecule has 0 atom stereocenters. The quantitative estimate of drug-likeness (QED) is 0.566. The first-order valence-corrected chi connectivity index (χ1v) is 6.49. The molecule has 0 saturated carbocycles. The largest absolute Gasteiger partial charge is 0.443 e. The minimum Gasteiger partial charge on any atom is -0.272 e. The Morgan fingerprint density at radius 1 is 0.684 bits per heavy atom. The summed E-state index contributed by atoms with van der Waals surface area (Å²) in [5.74, 6) is -3.40. The Morgan fingerprint density at radius 3 is 1.21 bits per heavy atom. The van der Waals surface area contributed by atoms with Crippen LogP contribution >= 0.6 is 0 Å². The maximum Gasteiger partial charge on any atom is 0.443 e. The van der Waals surface area contributed by atoms with Gasteiger partial charge in [-0.15, -0.1) is 18.7 Å². The zero-order valence-electron chi connectivity index (χ0n) is 9.40. The van der Waals surface area contributed by atoms with Gasteiger partial charge in [-0.2, -0.15) is 8.42 Å². The van der Waals surface area contributed by atoms with E-state index in [0.29, 0.717) is 0 Å². The second-order valence-corrected chi connectivity index (χ2v) is 4.84. The summed E-state index contributed by atoms with van der Waals surface area (Å²) >= 11 is 0. The second-order valence-electron chi connectivity index (χ2n) is 3.72. The molecule has 0 aromatic rings. The Balaban J connectivity index is 2.07. The predicted octanol–water partition coefficient (Wildman–Crippen LogP) is -1.61. The van der Waals surface area contributed by atoms with Crippen molar-refractivity contribution in [3.63, 3.8) is 0 Å². The zero-order valence-corrected chi connectivity index (χ0v) is 10.2. The molecule has 0 radical (unpaired) electrons. The lowest BCUT2D eigenvalue weighted by Gasteiger charge is -2.15. The molecule has 19 heavy (non-hydrogen) atoms. The molecule has 2 aliphatic heterocycles. The van der Waals surface area contributed by atoms with Crippen molar-refractivity contribution < 1.29 is 36.2 Å². The summed E-state index contributed by atoms with van der Waals surface area (Å²) in [4.78, 5) is 44.6. The highest BCUT2D eigenvalue weighted by atomic mass is 32.3. The van der Waals surface area contributed by atoms with Gasteiger partial charge in [-0.25, -0.2) is 0 Å². The van der Waals surface area contributed by atoms with Gasteiger partial charge in [0.25, 0.3) is 23.6 Å². The fraction of sp³-hybridized carbons (Fsp3) is 0.500. The van der Waals surface area contributed by atoms with Crippen molar-refractivity contribution in [1.82, 2.24) is 10.1 Å². The molecule has 0 N–H and O–H groups in total. The number of hydrogen-bond donors (Lipinski definition) is 0. The van der Waals surface area contributed by atoms with Crippen LogP contribution < -0.4 is 0 Å². The zero-order chi connectivity index (χ0) is 14.2. The summed E-state index contributed by atoms with van der Waals surface area (Å²) in [7, 11) is -4.91. The van der Waals surface area contributed by atoms with Crippen LogP contribution in [0.15, 0.2) is 0 Å². The Morgan fingerprint density at radius 2 is 0.947 bits per heavy atom. The highest BCUT2D eigenvalue weighted by Crippen LogP contribution is 2.18. The van der Waals surface area contributed by atoms with E-state index < -0.39 is 34.0 Å². The summed E-state index contributed by atoms with van der Waals surface area (Å²) < 4.78 is 31.0. The van der Waals surface area contributed by atoms with E-state index >= 15 is 0 Å². The van der Waals surface area contributed by atoms with Crippen LogP contribution in [0, 0.1) is 0 Å². The summed E-state index contributed by atoms with van der Waals surface area (Å²) in [6.45, 7) is 0. The van der Waals surface area contributed by atoms with Crippen molar-refractivity contribution in [3.8, 4) is 0 Å². The second kappa shape index (κ2) is 4.68. The van der Waals surface area contributed by atoms with E-state index in [1.807, 2.05) is 0 Å². The molecule has 0 aromatic carbocycles. The third-order valence-corrected chi connectivity index (χ3v) is 3.01. The van der Waals surface area contributed by atoms with E-state index in [1.54, 1.807) is 0 Å². The molecule has 104 valence electrons. The van der Waals surface area contributed by atoms with Crippen molar-refractivity contribution >= 4 is 34.0 Å². The average molecular weight is 292 g/mol. The highest BCUT2D eigenvalue weighted by molar-refractivity contribution is 7.81. The van der Waals surface area contributed by atoms with Crippen LogP contribution in [-0.4, -0.2) is 42.2 Å². The lowest BCUT2D eigenvalue weighted by Crippen LogP contribution is -2.38. The van der Waals surface area contributed by atoms with Crippen molar-refractivity contribution in [2.45, 2.75) is 25.7 Å². The third kappa shape index (κ3) is 2.77. The molecule has 0 aliphatic carbocycles. The molecular formula is C8H8N2O8S. The van der Waals surface area contributed by atoms with Crippen LogP contribution in [-0.2, 0) is 38.1 Å². The van der Waals surface area contributed by atoms with Gasteiger partial charge in [0.05, 0.1) is 0 Å². The molecule has 10 nitrogen and oxygen atoms in total. The van der Waals surface area contributed by atoms with Crippen LogP contribution in [0.2, 0.25) is 0 Å². The molecule has 2 rings (SSSR count). The minimum absolute atomic E-state index is 0.0281. The topological polar surface area (TPSA) is 127 Å². The SMILES string of the molecule is O=C1CCC(=O)N1OS(=O)(=O)ON1C(=O)CCC1=O. The third-order valence-electron chi connectivity index (χ3n) is 2.34. The molecule has 2 fully saturated rings. The molecule has 0 aromatic heterocycles. The van der Waals surface area contributed by atoms with Crippen LogP contribution in [0.1, 0.15) is 25.7 Å². The minimum atomic E-state index is -4.91. The van der Waals surface area contributed by atoms with Crippen molar-refractivity contribution in [3.05, 3.63) is 0 Å². The number of hydrogen-bond acceptors (Lipinski definition) is 8. The number of carbonyl (C=O) groups excluding carboxylic acids is 4. The number of hydroxylamine groups is 4. The monoisotopic (exact) mass is 292 g/mol. The summed E-state index contributed by atoms with van der Waals surface area (Å²) in [5.41, 5.74) is 0. The number of amides is 4. The van der Waals surface area contributed by atoms with Gasteiger partial charge < -0.3 is 0 Å². The van der Waals surface area contributed by atoms with Gasteiger partial charge in [-0.3, -0.25) is 19.2 Å². The van der Waals surface area contributed by atoms with Gasteiger partial charge in [0.15, 0.2) is 0 Å². The highest BCUT2D eigenvalue weighted by Gasteiger charge is 2.39. The van der Waals surface area contributed by atoms with Crippen LogP contribution in [0.5, 0.6) is 0 Å². The van der Waals surface area contributed by atoms with Gasteiger partial charge in [0.1, 0.15) is 0 Å². The maximum absolute atomic E-state index is 11.4. The van der Waals surface area contributed by atoms with E-state index in [0.717, 1.165) is 0 Å². The molecule has 2 heterocycles. The summed E-state index contributed by atoms with van der Waals surface area (Å²) in [6, 6.07) is 0. The van der Waals surface area contributed by atoms with E-state index in [4.69, 9.17) is 0 Å². The molecule has 4 amide bonds. The first-order chi connectivity index (χ1) is 8.80. The molecule has 0 bridgehead atoms. The number of imide groups is 2. The lowest BCUT2D eigenvalue weighted by molar-refractivity contribution is -0.174. The van der Waals surface area contributed by atoms with Gasteiger partial charge >= 0.3 is 10.4 Å². The molecule has 0 spiro atoms. The molecule has 2 aliphatic rings. The maximum atomic E-state index is 11.4. The first-order valence-electron chi connectivity index (χ1n) is 5.16. The fourth-order valence-corrected chi connectivity index (χ4v) is 2.20. The molecule has 11 heteroatoms. The van der Waals surface area contributed by atoms with Gasteiger partial charge in [-0.05, 0) is 0 Å². The predicted molar refractivity (Wildman–Crippen MR) is 53.3 cm³/mol. The standard InChI is InChI=1S/C8H8N2O8S/c11-5-1-2-6(12)9(5)17-19(15,16)18-10-7(13)3-4-8(10)14/h1-4H2. The number of rotatable bonds is 4. The Bertz CT molecular complexity index is 491. The van der Waals surface area contributed by atoms with Crippen LogP contribution in [0.4, 0.5) is 0 Å². The smallest absolute Gasteiger partial charge is 0.272 e. The van der Waals surface area contributed by atoms with Gasteiger partial charge in [0.2, 0.25) is 0 Å². The fourth-order valence-electron chi connectivity index (χ4n) is 1.47. The number of carbonyl (C=O) groups is 4. The van der Waals surface area contributed by atoms with Crippen LogP contribution in [0.25, 0.3) is 0 Å². The molecule has 2 saturated heterocycles. The summed E-state index contributed by atoms with van der Waals surface area (Å²) in [5, 5.41) is 0.0563. The Kier molecular flexibility index (Phi) is 3.34. The van der Waals surface area contributed by atoms with Crippen LogP contribution in [0.3, 0.4) is 0 Å². The summed E-state index contributed by atoms with van der Waals surface area (Å²) in [6.07, 6.45) is -0.738. The Labute approximate surface area is 107 Å². The van der Waals surface area contributed by atoms with Crippen molar-refractivity contribution in [2.24, 2.45) is 0 Å². The molecule has 0 unspecified atom stereocenters. The van der Waals surface area contributed by atoms with E-state index in [1.165, 1.54) is 0 Å². The van der Waals surface area contributed by atoms with Gasteiger partial charge in [-0.1, -0.05) is 0 Å². The van der Waals surface area contributed by atoms with E-state index in [-0.39, 0.29) is 35.8 Å².